The molecular weight excluding hydrogens is 319 g/mol. The smallest absolute Gasteiger partial charge is 0.377 e. The molecule has 0 aromatic carbocycles. The van der Waals surface area contributed by atoms with Gasteiger partial charge in [-0.1, -0.05) is 11.3 Å². The molecule has 0 fully saturated rings. The lowest BCUT2D eigenvalue weighted by atomic mass is 10.1. The molecule has 0 amide bonds. The van der Waals surface area contributed by atoms with Crippen molar-refractivity contribution < 1.29 is 17.9 Å². The van der Waals surface area contributed by atoms with Crippen molar-refractivity contribution in [1.29, 1.82) is 0 Å². The SMILES string of the molecule is COCc1nc2n(n1)C[C@@H](Nc1ncc(C(F)(F)F)s1)CC2. The molecule has 2 aromatic heterocycles. The average molecular weight is 333 g/mol. The number of aromatic nitrogens is 4. The summed E-state index contributed by atoms with van der Waals surface area (Å²) in [6.45, 7) is 0.895. The summed E-state index contributed by atoms with van der Waals surface area (Å²) in [5.74, 6) is 1.49. The molecule has 0 aliphatic carbocycles. The van der Waals surface area contributed by atoms with Gasteiger partial charge in [0.25, 0.3) is 0 Å². The van der Waals surface area contributed by atoms with E-state index in [1.54, 1.807) is 11.8 Å². The van der Waals surface area contributed by atoms with E-state index < -0.39 is 11.1 Å². The number of hydrogen-bond donors (Lipinski definition) is 1. The number of fused-ring (bicyclic) bond motifs is 1. The summed E-state index contributed by atoms with van der Waals surface area (Å²) in [5, 5.41) is 7.64. The van der Waals surface area contributed by atoms with Crippen LogP contribution in [0.1, 0.15) is 22.9 Å². The van der Waals surface area contributed by atoms with Gasteiger partial charge in [-0.25, -0.2) is 14.6 Å². The molecule has 0 spiro atoms. The van der Waals surface area contributed by atoms with Crippen molar-refractivity contribution in [2.45, 2.75) is 38.2 Å². The molecule has 0 saturated heterocycles. The summed E-state index contributed by atoms with van der Waals surface area (Å²) < 4.78 is 44.4. The van der Waals surface area contributed by atoms with Gasteiger partial charge in [0, 0.05) is 19.6 Å². The Kier molecular flexibility index (Phi) is 4.04. The van der Waals surface area contributed by atoms with Crippen molar-refractivity contribution in [3.05, 3.63) is 22.7 Å². The van der Waals surface area contributed by atoms with Crippen molar-refractivity contribution in [2.75, 3.05) is 12.4 Å². The summed E-state index contributed by atoms with van der Waals surface area (Å²) >= 11 is 0.616. The molecule has 10 heteroatoms. The van der Waals surface area contributed by atoms with Gasteiger partial charge in [-0.15, -0.1) is 0 Å². The first kappa shape index (κ1) is 15.2. The fraction of sp³-hybridized carbons (Fsp3) is 0.583. The maximum atomic E-state index is 12.6. The first-order valence-corrected chi connectivity index (χ1v) is 7.48. The maximum Gasteiger partial charge on any atom is 0.427 e. The lowest BCUT2D eigenvalue weighted by Gasteiger charge is -2.23. The van der Waals surface area contributed by atoms with E-state index in [0.717, 1.165) is 18.4 Å². The van der Waals surface area contributed by atoms with Crippen molar-refractivity contribution in [2.24, 2.45) is 0 Å². The Morgan fingerprint density at radius 3 is 3.00 bits per heavy atom. The van der Waals surface area contributed by atoms with Crippen LogP contribution in [0, 0.1) is 0 Å². The van der Waals surface area contributed by atoms with Crippen LogP contribution < -0.4 is 5.32 Å². The van der Waals surface area contributed by atoms with Crippen LogP contribution in [0.3, 0.4) is 0 Å². The highest BCUT2D eigenvalue weighted by atomic mass is 32.1. The van der Waals surface area contributed by atoms with Crippen molar-refractivity contribution in [1.82, 2.24) is 19.7 Å². The third-order valence-corrected chi connectivity index (χ3v) is 4.26. The Hall–Kier alpha value is -1.68. The second-order valence-corrected chi connectivity index (χ2v) is 6.00. The lowest BCUT2D eigenvalue weighted by molar-refractivity contribution is -0.134. The van der Waals surface area contributed by atoms with E-state index in [4.69, 9.17) is 4.74 Å². The molecule has 0 saturated carbocycles. The Labute approximate surface area is 128 Å². The Morgan fingerprint density at radius 1 is 1.50 bits per heavy atom. The molecule has 6 nitrogen and oxygen atoms in total. The van der Waals surface area contributed by atoms with E-state index >= 15 is 0 Å². The third-order valence-electron chi connectivity index (χ3n) is 3.29. The monoisotopic (exact) mass is 333 g/mol. The minimum absolute atomic E-state index is 0.0168. The molecule has 1 N–H and O–H groups in total. The van der Waals surface area contributed by atoms with Gasteiger partial charge >= 0.3 is 6.18 Å². The number of hydrogen-bond acceptors (Lipinski definition) is 6. The molecule has 2 aromatic rings. The first-order chi connectivity index (χ1) is 10.5. The minimum atomic E-state index is -4.35. The number of rotatable bonds is 4. The molecule has 0 bridgehead atoms. The van der Waals surface area contributed by atoms with Crippen LogP contribution >= 0.6 is 11.3 Å². The fourth-order valence-corrected chi connectivity index (χ4v) is 3.08. The van der Waals surface area contributed by atoms with Gasteiger partial charge in [-0.3, -0.25) is 0 Å². The first-order valence-electron chi connectivity index (χ1n) is 6.67. The highest BCUT2D eigenvalue weighted by Crippen LogP contribution is 2.35. The summed E-state index contributed by atoms with van der Waals surface area (Å²) in [7, 11) is 1.57. The predicted octanol–water partition coefficient (Wildman–Crippen LogP) is 2.33. The Morgan fingerprint density at radius 2 is 2.32 bits per heavy atom. The van der Waals surface area contributed by atoms with Crippen LogP contribution in [0.25, 0.3) is 0 Å². The number of nitrogens with zero attached hydrogens (tertiary/aromatic N) is 4. The largest absolute Gasteiger partial charge is 0.427 e. The van der Waals surface area contributed by atoms with Gasteiger partial charge in [0.05, 0.1) is 12.7 Å². The van der Waals surface area contributed by atoms with E-state index in [2.05, 4.69) is 20.4 Å². The van der Waals surface area contributed by atoms with Crippen LogP contribution in [-0.4, -0.2) is 32.9 Å². The highest BCUT2D eigenvalue weighted by Gasteiger charge is 2.33. The summed E-state index contributed by atoms with van der Waals surface area (Å²) in [4.78, 5) is 7.45. The van der Waals surface area contributed by atoms with Crippen molar-refractivity contribution >= 4 is 16.5 Å². The maximum absolute atomic E-state index is 12.6. The molecule has 1 aliphatic heterocycles. The Balaban J connectivity index is 1.66. The van der Waals surface area contributed by atoms with Crippen LogP contribution in [0.4, 0.5) is 18.3 Å². The average Bonchev–Trinajstić information content (AvgIpc) is 3.04. The lowest BCUT2D eigenvalue weighted by Crippen LogP contribution is -2.31. The van der Waals surface area contributed by atoms with Gasteiger partial charge in [0.1, 0.15) is 17.3 Å². The molecule has 1 aliphatic rings. The molecular formula is C12H14F3N5OS. The van der Waals surface area contributed by atoms with Crippen molar-refractivity contribution in [3.63, 3.8) is 0 Å². The van der Waals surface area contributed by atoms with Gasteiger partial charge in [-0.05, 0) is 6.42 Å². The number of thiazole rings is 1. The third kappa shape index (κ3) is 3.22. The van der Waals surface area contributed by atoms with E-state index in [-0.39, 0.29) is 11.2 Å². The number of methoxy groups -OCH3 is 1. The summed E-state index contributed by atoms with van der Waals surface area (Å²) in [6, 6.07) is -0.0168. The van der Waals surface area contributed by atoms with E-state index in [1.165, 1.54) is 0 Å². The topological polar surface area (TPSA) is 64.9 Å². The van der Waals surface area contributed by atoms with Crippen LogP contribution in [0.15, 0.2) is 6.20 Å². The predicted molar refractivity (Wildman–Crippen MR) is 73.6 cm³/mol. The molecule has 120 valence electrons. The van der Waals surface area contributed by atoms with E-state index in [0.29, 0.717) is 36.7 Å². The molecule has 0 unspecified atom stereocenters. The van der Waals surface area contributed by atoms with Gasteiger partial charge in [-0.2, -0.15) is 18.3 Å². The zero-order valence-electron chi connectivity index (χ0n) is 11.7. The second kappa shape index (κ2) is 5.84. The molecule has 22 heavy (non-hydrogen) atoms. The fourth-order valence-electron chi connectivity index (χ4n) is 2.32. The number of ether oxygens (including phenoxy) is 1. The number of aryl methyl sites for hydroxylation is 1. The summed E-state index contributed by atoms with van der Waals surface area (Å²) in [6.07, 6.45) is -2.01. The van der Waals surface area contributed by atoms with Gasteiger partial charge < -0.3 is 10.1 Å². The van der Waals surface area contributed by atoms with Crippen LogP contribution in [0.5, 0.6) is 0 Å². The number of alkyl halides is 3. The van der Waals surface area contributed by atoms with Crippen LogP contribution in [-0.2, 0) is 30.5 Å². The standard InChI is InChI=1S/C12H14F3N5OS/c1-21-6-9-18-10-3-2-7(5-20(10)19-9)17-11-16-4-8(22-11)12(13,14)15/h4,7H,2-3,5-6H2,1H3,(H,16,17)/t7-/m0/s1. The van der Waals surface area contributed by atoms with Gasteiger partial charge in [0.2, 0.25) is 0 Å². The van der Waals surface area contributed by atoms with Gasteiger partial charge in [0.15, 0.2) is 11.0 Å². The van der Waals surface area contributed by atoms with E-state index in [9.17, 15) is 13.2 Å². The molecule has 1 atom stereocenters. The quantitative estimate of drug-likeness (QED) is 0.930. The molecule has 3 rings (SSSR count). The van der Waals surface area contributed by atoms with E-state index in [1.807, 2.05) is 0 Å². The zero-order valence-corrected chi connectivity index (χ0v) is 12.5. The van der Waals surface area contributed by atoms with Crippen LogP contribution in [0.2, 0.25) is 0 Å². The zero-order chi connectivity index (χ0) is 15.7. The number of anilines is 1. The highest BCUT2D eigenvalue weighted by molar-refractivity contribution is 7.15. The van der Waals surface area contributed by atoms with Crippen molar-refractivity contribution in [3.8, 4) is 0 Å². The Bertz CT molecular complexity index is 653. The summed E-state index contributed by atoms with van der Waals surface area (Å²) in [5.41, 5.74) is 0. The minimum Gasteiger partial charge on any atom is -0.377 e. The number of nitrogens with one attached hydrogen (secondary N) is 1. The molecule has 3 heterocycles. The second-order valence-electron chi connectivity index (χ2n) is 4.97. The number of halogens is 3. The normalized spacial score (nSPS) is 18.3. The molecule has 0 radical (unpaired) electrons.